The first-order valence-corrected chi connectivity index (χ1v) is 14.0. The van der Waals surface area contributed by atoms with Crippen molar-refractivity contribution in [2.75, 3.05) is 0 Å². The Bertz CT molecular complexity index is 290. The van der Waals surface area contributed by atoms with Crippen molar-refractivity contribution in [1.29, 1.82) is 0 Å². The lowest BCUT2D eigenvalue weighted by Gasteiger charge is -2.35. The van der Waals surface area contributed by atoms with Crippen LogP contribution in [0.2, 0.25) is 32.7 Å². The molecule has 2 atom stereocenters. The minimum atomic E-state index is -1.97. The second-order valence-corrected chi connectivity index (χ2v) is 15.7. The molecule has 0 saturated heterocycles. The Balaban J connectivity index is 4.59. The van der Waals surface area contributed by atoms with Crippen LogP contribution < -0.4 is 0 Å². The van der Waals surface area contributed by atoms with Gasteiger partial charge in [-0.05, 0) is 46.6 Å². The molecular formula is C11H26O3Si3. The van der Waals surface area contributed by atoms with Crippen LogP contribution in [0.3, 0.4) is 0 Å². The van der Waals surface area contributed by atoms with E-state index < -0.39 is 25.3 Å². The molecule has 0 bridgehead atoms. The third kappa shape index (κ3) is 6.01. The molecule has 17 heavy (non-hydrogen) atoms. The summed E-state index contributed by atoms with van der Waals surface area (Å²) in [5.41, 5.74) is 1.87. The molecule has 6 heteroatoms. The number of hydrogen-bond donors (Lipinski definition) is 0. The normalized spacial score (nSPS) is 16.4. The van der Waals surface area contributed by atoms with Crippen molar-refractivity contribution < 1.29 is 13.3 Å². The molecule has 0 aliphatic carbocycles. The first-order chi connectivity index (χ1) is 7.52. The maximum Gasteiger partial charge on any atom is 0.302 e. The Morgan fingerprint density at radius 2 is 1.65 bits per heavy atom. The summed E-state index contributed by atoms with van der Waals surface area (Å²) in [6.45, 7) is 18.0. The van der Waals surface area contributed by atoms with E-state index in [0.29, 0.717) is 0 Å². The van der Waals surface area contributed by atoms with Crippen LogP contribution in [0.1, 0.15) is 13.8 Å². The van der Waals surface area contributed by atoms with E-state index >= 15 is 0 Å². The van der Waals surface area contributed by atoms with Crippen LogP contribution in [0, 0.1) is 0 Å². The van der Waals surface area contributed by atoms with Gasteiger partial charge >= 0.3 is 8.68 Å². The van der Waals surface area contributed by atoms with Gasteiger partial charge in [-0.25, -0.2) is 0 Å². The Morgan fingerprint density at radius 3 is 2.00 bits per heavy atom. The van der Waals surface area contributed by atoms with Gasteiger partial charge in [-0.1, -0.05) is 5.70 Å². The highest BCUT2D eigenvalue weighted by molar-refractivity contribution is 6.79. The largest absolute Gasteiger partial charge is 0.411 e. The molecule has 0 aromatic rings. The monoisotopic (exact) mass is 290 g/mol. The molecule has 100 valence electrons. The third-order valence-corrected chi connectivity index (χ3v) is 9.72. The Kier molecular flexibility index (Phi) is 6.37. The van der Waals surface area contributed by atoms with Crippen LogP contribution in [-0.4, -0.2) is 36.8 Å². The van der Waals surface area contributed by atoms with E-state index in [1.54, 1.807) is 6.55 Å². The Hall–Kier alpha value is 0.111. The molecule has 3 nitrogen and oxygen atoms in total. The van der Waals surface area contributed by atoms with Gasteiger partial charge in [0.15, 0.2) is 0 Å². The van der Waals surface area contributed by atoms with Crippen molar-refractivity contribution in [2.45, 2.75) is 58.0 Å². The number of hydrogen-bond acceptors (Lipinski definition) is 3. The van der Waals surface area contributed by atoms with Crippen LogP contribution in [0.5, 0.6) is 0 Å². The molecule has 0 spiro atoms. The highest BCUT2D eigenvalue weighted by atomic mass is 28.4. The van der Waals surface area contributed by atoms with Gasteiger partial charge in [0.2, 0.25) is 16.6 Å². The molecule has 0 fully saturated rings. The van der Waals surface area contributed by atoms with Gasteiger partial charge in [-0.3, -0.25) is 0 Å². The average Bonchev–Trinajstić information content (AvgIpc) is 2.16. The van der Waals surface area contributed by atoms with E-state index in [0.717, 1.165) is 0 Å². The van der Waals surface area contributed by atoms with Crippen molar-refractivity contribution in [3.05, 3.63) is 12.3 Å². The molecule has 0 N–H and O–H groups in total. The molecule has 0 aromatic heterocycles. The van der Waals surface area contributed by atoms with Gasteiger partial charge in [-0.2, -0.15) is 0 Å². The summed E-state index contributed by atoms with van der Waals surface area (Å²) >= 11 is 0. The quantitative estimate of drug-likeness (QED) is 0.676. The van der Waals surface area contributed by atoms with E-state index in [2.05, 4.69) is 39.7 Å². The molecule has 0 rings (SSSR count). The molecular weight excluding hydrogens is 264 g/mol. The fourth-order valence-corrected chi connectivity index (χ4v) is 7.01. The molecule has 0 aliphatic rings. The van der Waals surface area contributed by atoms with Crippen molar-refractivity contribution in [2.24, 2.45) is 0 Å². The van der Waals surface area contributed by atoms with Crippen molar-refractivity contribution in [1.82, 2.24) is 0 Å². The van der Waals surface area contributed by atoms with Gasteiger partial charge in [-0.15, -0.1) is 6.58 Å². The van der Waals surface area contributed by atoms with Gasteiger partial charge in [0.25, 0.3) is 0 Å². The Morgan fingerprint density at radius 1 is 1.18 bits per heavy atom. The maximum absolute atomic E-state index is 11.4. The first kappa shape index (κ1) is 17.1. The molecule has 0 radical (unpaired) electrons. The van der Waals surface area contributed by atoms with Crippen LogP contribution in [0.25, 0.3) is 0 Å². The molecule has 0 heterocycles. The van der Waals surface area contributed by atoms with Crippen molar-refractivity contribution in [3.8, 4) is 0 Å². The van der Waals surface area contributed by atoms with Crippen molar-refractivity contribution >= 4 is 25.3 Å². The van der Waals surface area contributed by atoms with Gasteiger partial charge < -0.3 is 13.3 Å². The van der Waals surface area contributed by atoms with Crippen LogP contribution in [0.15, 0.2) is 12.3 Å². The zero-order valence-corrected chi connectivity index (χ0v) is 15.2. The van der Waals surface area contributed by atoms with E-state index in [1.165, 1.54) is 0 Å². The average molecular weight is 291 g/mol. The fraction of sp³-hybridized carbons (Fsp3) is 0.818. The summed E-state index contributed by atoms with van der Waals surface area (Å²) < 4.78 is 23.5. The number of rotatable bonds is 7. The van der Waals surface area contributed by atoms with E-state index in [4.69, 9.17) is 8.85 Å². The standard InChI is InChI=1S/C11H26O3Si3/c1-9-16(5,6)14-11(3)17(7,8)13-10(2)15(4)12/h9-11H,1H2,2-8H3. The van der Waals surface area contributed by atoms with Gasteiger partial charge in [0, 0.05) is 0 Å². The molecule has 0 aliphatic heterocycles. The molecule has 0 amide bonds. The van der Waals surface area contributed by atoms with Crippen molar-refractivity contribution in [3.63, 3.8) is 0 Å². The summed E-state index contributed by atoms with van der Waals surface area (Å²) in [4.78, 5) is 0. The molecule has 0 saturated carbocycles. The summed E-state index contributed by atoms with van der Waals surface area (Å²) in [6, 6.07) is 0. The van der Waals surface area contributed by atoms with E-state index in [1.807, 2.05) is 12.6 Å². The van der Waals surface area contributed by atoms with Gasteiger partial charge in [0.05, 0.1) is 11.5 Å². The van der Waals surface area contributed by atoms with Crippen LogP contribution in [-0.2, 0) is 13.3 Å². The van der Waals surface area contributed by atoms with E-state index in [9.17, 15) is 4.46 Å². The predicted octanol–water partition coefficient (Wildman–Crippen LogP) is 3.06. The molecule has 0 aromatic carbocycles. The van der Waals surface area contributed by atoms with Gasteiger partial charge in [0.1, 0.15) is 0 Å². The zero-order valence-electron chi connectivity index (χ0n) is 12.2. The second-order valence-electron chi connectivity index (χ2n) is 5.54. The summed E-state index contributed by atoms with van der Waals surface area (Å²) in [5, 5.41) is 0. The molecule has 2 unspecified atom stereocenters. The van der Waals surface area contributed by atoms with Crippen LogP contribution in [0.4, 0.5) is 0 Å². The lowest BCUT2D eigenvalue weighted by molar-refractivity contribution is 0.206. The maximum atomic E-state index is 11.4. The first-order valence-electron chi connectivity index (χ1n) is 6.01. The smallest absolute Gasteiger partial charge is 0.302 e. The summed E-state index contributed by atoms with van der Waals surface area (Å²) in [7, 11) is -5.38. The lowest BCUT2D eigenvalue weighted by atomic mass is 10.9. The summed E-state index contributed by atoms with van der Waals surface area (Å²) in [5.74, 6) is 0. The second kappa shape index (κ2) is 6.33. The van der Waals surface area contributed by atoms with Crippen LogP contribution >= 0.6 is 0 Å². The predicted molar refractivity (Wildman–Crippen MR) is 78.6 cm³/mol. The van der Waals surface area contributed by atoms with E-state index in [-0.39, 0.29) is 11.5 Å². The zero-order chi connectivity index (χ0) is 13.9. The summed E-state index contributed by atoms with van der Waals surface area (Å²) in [6.07, 6.45) is 0. The highest BCUT2D eigenvalue weighted by Crippen LogP contribution is 2.20. The third-order valence-electron chi connectivity index (χ3n) is 3.00. The fourth-order valence-electron chi connectivity index (χ4n) is 1.28. The topological polar surface area (TPSA) is 35.5 Å². The Labute approximate surface area is 109 Å². The minimum absolute atomic E-state index is 0.0889. The highest BCUT2D eigenvalue weighted by Gasteiger charge is 2.37. The minimum Gasteiger partial charge on any atom is -0.411 e. The lowest BCUT2D eigenvalue weighted by Crippen LogP contribution is -2.51. The SMILES string of the molecule is C=C[Si](C)(C)OC(C)[Si](C)(C)OC(C)[Si](C)=O.